The van der Waals surface area contributed by atoms with Crippen molar-refractivity contribution in [3.8, 4) is 0 Å². The number of benzene rings is 1. The van der Waals surface area contributed by atoms with E-state index in [1.165, 1.54) is 6.20 Å². The van der Waals surface area contributed by atoms with Gasteiger partial charge in [-0.25, -0.2) is 0 Å². The molecule has 2 rings (SSSR count). The fourth-order valence-electron chi connectivity index (χ4n) is 1.63. The first-order chi connectivity index (χ1) is 7.50. The fraction of sp³-hybridized carbons (Fsp3) is 0.0909. The SMILES string of the molecule is Cn1cc(C(N)=O)c(=O)c2ccc(Cl)cc21. The van der Waals surface area contributed by atoms with Crippen molar-refractivity contribution >= 4 is 28.4 Å². The minimum absolute atomic E-state index is 0.0164. The summed E-state index contributed by atoms with van der Waals surface area (Å²) in [4.78, 5) is 22.9. The lowest BCUT2D eigenvalue weighted by Crippen LogP contribution is -2.23. The molecule has 0 aliphatic rings. The lowest BCUT2D eigenvalue weighted by molar-refractivity contribution is 0.0999. The van der Waals surface area contributed by atoms with Gasteiger partial charge in [0.05, 0.1) is 5.52 Å². The van der Waals surface area contributed by atoms with E-state index in [1.807, 2.05) is 0 Å². The zero-order valence-corrected chi connectivity index (χ0v) is 9.28. The number of aryl methyl sites for hydroxylation is 1. The Kier molecular flexibility index (Phi) is 2.44. The summed E-state index contributed by atoms with van der Waals surface area (Å²) in [6, 6.07) is 4.87. The Labute approximate surface area is 96.2 Å². The van der Waals surface area contributed by atoms with E-state index in [0.717, 1.165) is 0 Å². The molecule has 16 heavy (non-hydrogen) atoms. The van der Waals surface area contributed by atoms with Gasteiger partial charge < -0.3 is 10.3 Å². The van der Waals surface area contributed by atoms with Gasteiger partial charge in [0.15, 0.2) is 0 Å². The molecule has 0 saturated heterocycles. The molecule has 4 nitrogen and oxygen atoms in total. The van der Waals surface area contributed by atoms with Crippen molar-refractivity contribution < 1.29 is 4.79 Å². The summed E-state index contributed by atoms with van der Waals surface area (Å²) in [6.45, 7) is 0. The van der Waals surface area contributed by atoms with Gasteiger partial charge in [-0.3, -0.25) is 9.59 Å². The first-order valence-electron chi connectivity index (χ1n) is 4.59. The number of aromatic nitrogens is 1. The smallest absolute Gasteiger partial charge is 0.254 e. The number of pyridine rings is 1. The van der Waals surface area contributed by atoms with Crippen molar-refractivity contribution in [1.82, 2.24) is 4.57 Å². The molecule has 1 aromatic carbocycles. The minimum atomic E-state index is -0.725. The van der Waals surface area contributed by atoms with Crippen LogP contribution in [0, 0.1) is 0 Å². The molecule has 5 heteroatoms. The average molecular weight is 237 g/mol. The topological polar surface area (TPSA) is 65.1 Å². The van der Waals surface area contributed by atoms with Crippen LogP contribution < -0.4 is 11.2 Å². The summed E-state index contributed by atoms with van der Waals surface area (Å²) < 4.78 is 1.66. The Morgan fingerprint density at radius 1 is 1.44 bits per heavy atom. The van der Waals surface area contributed by atoms with Crippen LogP contribution in [0.1, 0.15) is 10.4 Å². The first kappa shape index (κ1) is 10.7. The van der Waals surface area contributed by atoms with Gasteiger partial charge in [0.25, 0.3) is 5.91 Å². The molecule has 2 aromatic rings. The Bertz CT molecular complexity index is 646. The monoisotopic (exact) mass is 236 g/mol. The van der Waals surface area contributed by atoms with Crippen molar-refractivity contribution in [3.63, 3.8) is 0 Å². The van der Waals surface area contributed by atoms with Crippen LogP contribution in [-0.4, -0.2) is 10.5 Å². The number of nitrogens with two attached hydrogens (primary N) is 1. The summed E-state index contributed by atoms with van der Waals surface area (Å²) >= 11 is 5.84. The van der Waals surface area contributed by atoms with Crippen molar-refractivity contribution in [1.29, 1.82) is 0 Å². The van der Waals surface area contributed by atoms with E-state index < -0.39 is 5.91 Å². The molecule has 0 aliphatic carbocycles. The molecule has 2 N–H and O–H groups in total. The van der Waals surface area contributed by atoms with Crippen LogP contribution in [0.2, 0.25) is 5.02 Å². The molecule has 0 aliphatic heterocycles. The third kappa shape index (κ3) is 1.57. The maximum atomic E-state index is 11.9. The normalized spacial score (nSPS) is 10.6. The second-order valence-corrected chi connectivity index (χ2v) is 3.94. The number of hydrogen-bond donors (Lipinski definition) is 1. The summed E-state index contributed by atoms with van der Waals surface area (Å²) in [6.07, 6.45) is 1.42. The van der Waals surface area contributed by atoms with E-state index >= 15 is 0 Å². The zero-order valence-electron chi connectivity index (χ0n) is 8.53. The molecule has 82 valence electrons. The zero-order chi connectivity index (χ0) is 11.9. The molecular weight excluding hydrogens is 228 g/mol. The van der Waals surface area contributed by atoms with Gasteiger partial charge >= 0.3 is 0 Å². The van der Waals surface area contributed by atoms with E-state index in [1.54, 1.807) is 29.8 Å². The van der Waals surface area contributed by atoms with Crippen molar-refractivity contribution in [2.75, 3.05) is 0 Å². The highest BCUT2D eigenvalue weighted by Crippen LogP contribution is 2.16. The largest absolute Gasteiger partial charge is 0.365 e. The first-order valence-corrected chi connectivity index (χ1v) is 4.97. The van der Waals surface area contributed by atoms with E-state index in [2.05, 4.69) is 0 Å². The Balaban J connectivity index is 2.96. The van der Waals surface area contributed by atoms with Crippen molar-refractivity contribution in [3.05, 3.63) is 45.2 Å². The summed E-state index contributed by atoms with van der Waals surface area (Å²) in [5, 5.41) is 0.970. The fourth-order valence-corrected chi connectivity index (χ4v) is 1.80. The van der Waals surface area contributed by atoms with E-state index in [0.29, 0.717) is 15.9 Å². The second-order valence-electron chi connectivity index (χ2n) is 3.51. The number of carbonyl (C=O) groups excluding carboxylic acids is 1. The highest BCUT2D eigenvalue weighted by atomic mass is 35.5. The number of amides is 1. The van der Waals surface area contributed by atoms with Crippen LogP contribution in [-0.2, 0) is 7.05 Å². The molecule has 0 bridgehead atoms. The second kappa shape index (κ2) is 3.64. The predicted octanol–water partition coefficient (Wildman–Crippen LogP) is 1.29. The summed E-state index contributed by atoms with van der Waals surface area (Å²) in [5.41, 5.74) is 5.42. The lowest BCUT2D eigenvalue weighted by Gasteiger charge is -2.07. The van der Waals surface area contributed by atoms with E-state index in [9.17, 15) is 9.59 Å². The Hall–Kier alpha value is -1.81. The lowest BCUT2D eigenvalue weighted by atomic mass is 10.1. The molecule has 0 radical (unpaired) electrons. The third-order valence-electron chi connectivity index (χ3n) is 2.42. The van der Waals surface area contributed by atoms with Crippen LogP contribution in [0.4, 0.5) is 0 Å². The summed E-state index contributed by atoms with van der Waals surface area (Å²) in [5.74, 6) is -0.725. The van der Waals surface area contributed by atoms with Gasteiger partial charge in [0, 0.05) is 23.7 Å². The number of rotatable bonds is 1. The maximum absolute atomic E-state index is 11.9. The molecule has 1 amide bonds. The summed E-state index contributed by atoms with van der Waals surface area (Å²) in [7, 11) is 1.73. The number of hydrogen-bond acceptors (Lipinski definition) is 2. The standard InChI is InChI=1S/C11H9ClN2O2/c1-14-5-8(11(13)16)10(15)7-3-2-6(12)4-9(7)14/h2-5H,1H3,(H2,13,16). The van der Waals surface area contributed by atoms with E-state index in [4.69, 9.17) is 17.3 Å². The quantitative estimate of drug-likeness (QED) is 0.811. The maximum Gasteiger partial charge on any atom is 0.254 e. The van der Waals surface area contributed by atoms with Crippen LogP contribution in [0.25, 0.3) is 10.9 Å². The third-order valence-corrected chi connectivity index (χ3v) is 2.65. The Morgan fingerprint density at radius 2 is 2.12 bits per heavy atom. The number of fused-ring (bicyclic) bond motifs is 1. The number of carbonyl (C=O) groups is 1. The number of nitrogens with zero attached hydrogens (tertiary/aromatic N) is 1. The van der Waals surface area contributed by atoms with Crippen LogP contribution in [0.5, 0.6) is 0 Å². The highest BCUT2D eigenvalue weighted by molar-refractivity contribution is 6.31. The molecule has 0 saturated carbocycles. The molecule has 0 fully saturated rings. The average Bonchev–Trinajstić information content (AvgIpc) is 2.22. The van der Waals surface area contributed by atoms with Gasteiger partial charge in [-0.1, -0.05) is 11.6 Å². The molecule has 0 unspecified atom stereocenters. The van der Waals surface area contributed by atoms with Crippen LogP contribution in [0.3, 0.4) is 0 Å². The number of primary amides is 1. The van der Waals surface area contributed by atoms with Crippen LogP contribution >= 0.6 is 11.6 Å². The van der Waals surface area contributed by atoms with Gasteiger partial charge in [-0.2, -0.15) is 0 Å². The van der Waals surface area contributed by atoms with Crippen molar-refractivity contribution in [2.45, 2.75) is 0 Å². The Morgan fingerprint density at radius 3 is 2.75 bits per heavy atom. The molecule has 1 heterocycles. The van der Waals surface area contributed by atoms with Gasteiger partial charge in [0.2, 0.25) is 5.43 Å². The van der Waals surface area contributed by atoms with Gasteiger partial charge in [-0.15, -0.1) is 0 Å². The molecular formula is C11H9ClN2O2. The van der Waals surface area contributed by atoms with Gasteiger partial charge in [0.1, 0.15) is 5.56 Å². The number of halogens is 1. The van der Waals surface area contributed by atoms with E-state index in [-0.39, 0.29) is 11.0 Å². The predicted molar refractivity (Wildman–Crippen MR) is 62.7 cm³/mol. The van der Waals surface area contributed by atoms with Crippen molar-refractivity contribution in [2.24, 2.45) is 12.8 Å². The van der Waals surface area contributed by atoms with Gasteiger partial charge in [-0.05, 0) is 18.2 Å². The highest BCUT2D eigenvalue weighted by Gasteiger charge is 2.11. The van der Waals surface area contributed by atoms with Crippen LogP contribution in [0.15, 0.2) is 29.2 Å². The molecule has 1 aromatic heterocycles. The minimum Gasteiger partial charge on any atom is -0.365 e. The molecule has 0 atom stereocenters. The molecule has 0 spiro atoms.